The number of carbonyl (C=O) groups is 1. The van der Waals surface area contributed by atoms with Crippen LogP contribution in [0.3, 0.4) is 0 Å². The van der Waals surface area contributed by atoms with Crippen LogP contribution in [0.1, 0.15) is 6.92 Å². The van der Waals surface area contributed by atoms with Crippen molar-refractivity contribution in [3.8, 4) is 11.3 Å². The van der Waals surface area contributed by atoms with Gasteiger partial charge in [0.15, 0.2) is 0 Å². The van der Waals surface area contributed by atoms with Gasteiger partial charge in [-0.3, -0.25) is 10.1 Å². The lowest BCUT2D eigenvalue weighted by Crippen LogP contribution is -2.09. The Balaban J connectivity index is 2.01. The Kier molecular flexibility index (Phi) is 4.15. The molecule has 2 heterocycles. The topological polar surface area (TPSA) is 59.3 Å². The first-order valence-electron chi connectivity index (χ1n) is 6.32. The number of thiazole rings is 1. The third-order valence-electron chi connectivity index (χ3n) is 2.84. The van der Waals surface area contributed by atoms with E-state index in [0.717, 1.165) is 11.3 Å². The molecule has 3 aromatic rings. The van der Waals surface area contributed by atoms with Crippen LogP contribution < -0.4 is 5.32 Å². The highest BCUT2D eigenvalue weighted by Gasteiger charge is 2.14. The van der Waals surface area contributed by atoms with Crippen LogP contribution in [0.4, 0.5) is 5.95 Å². The van der Waals surface area contributed by atoms with Gasteiger partial charge in [0, 0.05) is 16.0 Å². The predicted molar refractivity (Wildman–Crippen MR) is 89.8 cm³/mol. The summed E-state index contributed by atoms with van der Waals surface area (Å²) in [6.45, 7) is 1.76. The van der Waals surface area contributed by atoms with Crippen molar-refractivity contribution >= 4 is 51.4 Å². The number of halogens is 2. The molecule has 0 unspecified atom stereocenters. The summed E-state index contributed by atoms with van der Waals surface area (Å²) in [5, 5.41) is 9.90. The molecule has 0 aliphatic rings. The molecule has 0 spiro atoms. The van der Waals surface area contributed by atoms with Gasteiger partial charge in [0.1, 0.15) is 0 Å². The monoisotopic (exact) mass is 352 g/mol. The van der Waals surface area contributed by atoms with Crippen molar-refractivity contribution in [1.29, 1.82) is 0 Å². The second-order valence-corrected chi connectivity index (χ2v) is 6.04. The average Bonchev–Trinajstić information content (AvgIpc) is 2.99. The molecular formula is C14H10Cl2N4OS. The average molecular weight is 353 g/mol. The van der Waals surface area contributed by atoms with Crippen LogP contribution in [0.25, 0.3) is 16.2 Å². The maximum absolute atomic E-state index is 11.5. The summed E-state index contributed by atoms with van der Waals surface area (Å²) in [6, 6.07) is 5.26. The van der Waals surface area contributed by atoms with E-state index in [1.165, 1.54) is 17.4 Å². The van der Waals surface area contributed by atoms with Gasteiger partial charge >= 0.3 is 0 Å². The fourth-order valence-corrected chi connectivity index (χ4v) is 3.25. The molecule has 3 rings (SSSR count). The van der Waals surface area contributed by atoms with Gasteiger partial charge in [-0.1, -0.05) is 29.3 Å². The van der Waals surface area contributed by atoms with Gasteiger partial charge in [0.25, 0.3) is 5.95 Å². The van der Waals surface area contributed by atoms with E-state index in [-0.39, 0.29) is 11.9 Å². The second kappa shape index (κ2) is 6.08. The summed E-state index contributed by atoms with van der Waals surface area (Å²) < 4.78 is 1.64. The van der Waals surface area contributed by atoms with E-state index >= 15 is 0 Å². The Morgan fingerprint density at radius 3 is 2.95 bits per heavy atom. The van der Waals surface area contributed by atoms with Crippen LogP contribution >= 0.6 is 34.5 Å². The molecule has 5 nitrogen and oxygen atoms in total. The number of hydrogen-bond donors (Lipinski definition) is 1. The van der Waals surface area contributed by atoms with Gasteiger partial charge in [-0.05, 0) is 31.2 Å². The minimum absolute atomic E-state index is 0.251. The lowest BCUT2D eigenvalue weighted by Gasteiger charge is -2.02. The molecule has 0 aliphatic carbocycles. The van der Waals surface area contributed by atoms with Crippen LogP contribution in [-0.4, -0.2) is 20.5 Å². The first-order valence-corrected chi connectivity index (χ1v) is 7.95. The van der Waals surface area contributed by atoms with Gasteiger partial charge in [0.05, 0.1) is 10.7 Å². The maximum atomic E-state index is 11.5. The molecule has 0 radical (unpaired) electrons. The van der Waals surface area contributed by atoms with Crippen LogP contribution in [0, 0.1) is 0 Å². The van der Waals surface area contributed by atoms with Gasteiger partial charge in [-0.2, -0.15) is 4.98 Å². The number of benzene rings is 1. The number of allylic oxidation sites excluding steroid dienone is 1. The standard InChI is InChI=1S/C14H10Cl2N4OS/c1-2-3-12(21)17-13-18-14-20(19-13)11(7-22-14)9-5-4-8(15)6-10(9)16/h2-7H,1H3,(H,17,19,21)/b3-2+. The summed E-state index contributed by atoms with van der Waals surface area (Å²) >= 11 is 13.6. The molecule has 0 atom stereocenters. The predicted octanol–water partition coefficient (Wildman–Crippen LogP) is 4.28. The molecule has 1 N–H and O–H groups in total. The van der Waals surface area contributed by atoms with E-state index in [0.29, 0.717) is 15.0 Å². The number of carbonyl (C=O) groups excluding carboxylic acids is 1. The molecule has 0 fully saturated rings. The normalized spacial score (nSPS) is 11.4. The first kappa shape index (κ1) is 15.0. The van der Waals surface area contributed by atoms with Gasteiger partial charge in [-0.25, -0.2) is 4.52 Å². The molecule has 0 saturated carbocycles. The number of fused-ring (bicyclic) bond motifs is 1. The van der Waals surface area contributed by atoms with E-state index in [1.807, 2.05) is 11.4 Å². The van der Waals surface area contributed by atoms with Crippen LogP contribution in [0.15, 0.2) is 35.7 Å². The van der Waals surface area contributed by atoms with Gasteiger partial charge in [-0.15, -0.1) is 16.4 Å². The van der Waals surface area contributed by atoms with E-state index in [9.17, 15) is 4.79 Å². The smallest absolute Gasteiger partial charge is 0.250 e. The summed E-state index contributed by atoms with van der Waals surface area (Å²) in [4.78, 5) is 16.5. The van der Waals surface area contributed by atoms with Crippen LogP contribution in [-0.2, 0) is 4.79 Å². The molecule has 1 aromatic carbocycles. The number of hydrogen-bond acceptors (Lipinski definition) is 4. The van der Waals surface area contributed by atoms with Crippen molar-refractivity contribution in [2.45, 2.75) is 6.92 Å². The van der Waals surface area contributed by atoms with Crippen molar-refractivity contribution in [2.75, 3.05) is 5.32 Å². The Morgan fingerprint density at radius 1 is 1.41 bits per heavy atom. The highest BCUT2D eigenvalue weighted by molar-refractivity contribution is 7.15. The number of amides is 1. The van der Waals surface area contributed by atoms with E-state index in [4.69, 9.17) is 23.2 Å². The number of rotatable bonds is 3. The second-order valence-electron chi connectivity index (χ2n) is 4.36. The largest absolute Gasteiger partial charge is 0.290 e. The molecule has 8 heteroatoms. The third-order valence-corrected chi connectivity index (χ3v) is 4.21. The Morgan fingerprint density at radius 2 is 2.23 bits per heavy atom. The Bertz CT molecular complexity index is 884. The van der Waals surface area contributed by atoms with Crippen LogP contribution in [0.2, 0.25) is 10.0 Å². The molecule has 22 heavy (non-hydrogen) atoms. The minimum atomic E-state index is -0.271. The highest BCUT2D eigenvalue weighted by Crippen LogP contribution is 2.32. The molecule has 0 saturated heterocycles. The maximum Gasteiger partial charge on any atom is 0.250 e. The van der Waals surface area contributed by atoms with Crippen molar-refractivity contribution in [2.24, 2.45) is 0 Å². The fourth-order valence-electron chi connectivity index (χ4n) is 1.92. The lowest BCUT2D eigenvalue weighted by atomic mass is 10.2. The molecule has 1 amide bonds. The summed E-state index contributed by atoms with van der Waals surface area (Å²) in [5.41, 5.74) is 1.59. The Hall–Kier alpha value is -1.89. The van der Waals surface area contributed by atoms with Crippen LogP contribution in [0.5, 0.6) is 0 Å². The van der Waals surface area contributed by atoms with Crippen molar-refractivity contribution in [1.82, 2.24) is 14.6 Å². The van der Waals surface area contributed by atoms with Gasteiger partial charge < -0.3 is 0 Å². The number of nitrogens with zero attached hydrogens (tertiary/aromatic N) is 3. The molecular weight excluding hydrogens is 343 g/mol. The Labute approximate surface area is 140 Å². The minimum Gasteiger partial charge on any atom is -0.290 e. The van der Waals surface area contributed by atoms with E-state index < -0.39 is 0 Å². The number of aromatic nitrogens is 3. The summed E-state index contributed by atoms with van der Waals surface area (Å²) in [5.74, 6) is -0.0203. The molecule has 112 valence electrons. The SMILES string of the molecule is C/C=C/C(=O)Nc1nc2scc(-c3ccc(Cl)cc3Cl)n2n1. The number of anilines is 1. The van der Waals surface area contributed by atoms with E-state index in [1.54, 1.807) is 29.6 Å². The fraction of sp³-hybridized carbons (Fsp3) is 0.0714. The first-order chi connectivity index (χ1) is 10.6. The summed E-state index contributed by atoms with van der Waals surface area (Å²) in [6.07, 6.45) is 3.05. The quantitative estimate of drug-likeness (QED) is 0.715. The van der Waals surface area contributed by atoms with Crippen molar-refractivity contribution in [3.63, 3.8) is 0 Å². The van der Waals surface area contributed by atoms with Gasteiger partial charge in [0.2, 0.25) is 10.9 Å². The van der Waals surface area contributed by atoms with E-state index in [2.05, 4.69) is 15.4 Å². The third kappa shape index (κ3) is 2.85. The van der Waals surface area contributed by atoms with Crippen molar-refractivity contribution in [3.05, 3.63) is 45.8 Å². The number of nitrogens with one attached hydrogen (secondary N) is 1. The zero-order valence-electron chi connectivity index (χ0n) is 11.4. The molecule has 0 aliphatic heterocycles. The summed E-state index contributed by atoms with van der Waals surface area (Å²) in [7, 11) is 0. The van der Waals surface area contributed by atoms with Crippen molar-refractivity contribution < 1.29 is 4.79 Å². The lowest BCUT2D eigenvalue weighted by molar-refractivity contribution is -0.111. The zero-order valence-corrected chi connectivity index (χ0v) is 13.7. The molecule has 2 aromatic heterocycles. The zero-order chi connectivity index (χ0) is 15.7. The highest BCUT2D eigenvalue weighted by atomic mass is 35.5. The molecule has 0 bridgehead atoms.